The van der Waals surface area contributed by atoms with E-state index in [1.165, 1.54) is 0 Å². The average molecular weight is 374 g/mol. The molecule has 0 atom stereocenters. The zero-order valence-electron chi connectivity index (χ0n) is 15.5. The summed E-state index contributed by atoms with van der Waals surface area (Å²) in [5, 5.41) is 0. The SMILES string of the molecule is NC(=NCc1ncc(-c2ccccc2)cn1)N1CCN(c2ncccn2)CC1. The lowest BCUT2D eigenvalue weighted by atomic mass is 10.1. The van der Waals surface area contributed by atoms with Crippen LogP contribution in [0.1, 0.15) is 5.82 Å². The van der Waals surface area contributed by atoms with Crippen LogP contribution in [-0.2, 0) is 6.54 Å². The second-order valence-electron chi connectivity index (χ2n) is 6.45. The number of guanidine groups is 1. The molecule has 28 heavy (non-hydrogen) atoms. The van der Waals surface area contributed by atoms with Crippen LogP contribution in [0.15, 0.2) is 66.2 Å². The minimum absolute atomic E-state index is 0.364. The first-order valence-electron chi connectivity index (χ1n) is 9.23. The average Bonchev–Trinajstić information content (AvgIpc) is 2.79. The summed E-state index contributed by atoms with van der Waals surface area (Å²) in [6.45, 7) is 3.54. The fraction of sp³-hybridized carbons (Fsp3) is 0.250. The summed E-state index contributed by atoms with van der Waals surface area (Å²) in [5.41, 5.74) is 8.25. The number of rotatable bonds is 4. The van der Waals surface area contributed by atoms with Gasteiger partial charge in [0, 0.05) is 56.5 Å². The zero-order chi connectivity index (χ0) is 19.2. The molecule has 142 valence electrons. The maximum Gasteiger partial charge on any atom is 0.225 e. The lowest BCUT2D eigenvalue weighted by Gasteiger charge is -2.35. The molecule has 0 unspecified atom stereocenters. The molecule has 1 aliphatic heterocycles. The normalized spacial score (nSPS) is 14.9. The number of aliphatic imine (C=N–C) groups is 1. The van der Waals surface area contributed by atoms with Gasteiger partial charge in [0.1, 0.15) is 12.4 Å². The van der Waals surface area contributed by atoms with Crippen molar-refractivity contribution in [2.75, 3.05) is 31.1 Å². The van der Waals surface area contributed by atoms with Crippen LogP contribution in [-0.4, -0.2) is 57.0 Å². The summed E-state index contributed by atoms with van der Waals surface area (Å²) in [6, 6.07) is 11.9. The highest BCUT2D eigenvalue weighted by atomic mass is 15.4. The Balaban J connectivity index is 1.32. The Kier molecular flexibility index (Phi) is 5.37. The van der Waals surface area contributed by atoms with Crippen LogP contribution in [0.3, 0.4) is 0 Å². The van der Waals surface area contributed by atoms with Gasteiger partial charge in [-0.3, -0.25) is 0 Å². The molecule has 0 amide bonds. The van der Waals surface area contributed by atoms with E-state index in [2.05, 4.69) is 34.7 Å². The van der Waals surface area contributed by atoms with Crippen LogP contribution in [0.2, 0.25) is 0 Å². The zero-order valence-corrected chi connectivity index (χ0v) is 15.5. The van der Waals surface area contributed by atoms with Crippen LogP contribution in [0.25, 0.3) is 11.1 Å². The summed E-state index contributed by atoms with van der Waals surface area (Å²) in [4.78, 5) is 26.1. The van der Waals surface area contributed by atoms with E-state index >= 15 is 0 Å². The first-order chi connectivity index (χ1) is 13.8. The van der Waals surface area contributed by atoms with E-state index in [0.29, 0.717) is 18.3 Å². The molecular formula is C20H22N8. The van der Waals surface area contributed by atoms with Gasteiger partial charge < -0.3 is 15.5 Å². The molecule has 1 fully saturated rings. The van der Waals surface area contributed by atoms with Crippen molar-refractivity contribution in [3.05, 3.63) is 67.0 Å². The van der Waals surface area contributed by atoms with E-state index in [9.17, 15) is 0 Å². The highest BCUT2D eigenvalue weighted by molar-refractivity contribution is 5.78. The van der Waals surface area contributed by atoms with Crippen LogP contribution in [0.4, 0.5) is 5.95 Å². The van der Waals surface area contributed by atoms with E-state index < -0.39 is 0 Å². The van der Waals surface area contributed by atoms with Crippen molar-refractivity contribution in [2.24, 2.45) is 10.7 Å². The highest BCUT2D eigenvalue weighted by Gasteiger charge is 2.19. The van der Waals surface area contributed by atoms with E-state index in [1.807, 2.05) is 48.8 Å². The van der Waals surface area contributed by atoms with Crippen molar-refractivity contribution in [1.82, 2.24) is 24.8 Å². The summed E-state index contributed by atoms with van der Waals surface area (Å²) in [5.74, 6) is 1.92. The molecule has 8 nitrogen and oxygen atoms in total. The Labute approximate surface area is 163 Å². The smallest absolute Gasteiger partial charge is 0.225 e. The summed E-state index contributed by atoms with van der Waals surface area (Å²) in [6.07, 6.45) is 7.16. The third-order valence-corrected chi connectivity index (χ3v) is 4.63. The minimum atomic E-state index is 0.364. The Morgan fingerprint density at radius 1 is 0.857 bits per heavy atom. The first kappa shape index (κ1) is 17.8. The largest absolute Gasteiger partial charge is 0.370 e. The molecule has 0 aliphatic carbocycles. The van der Waals surface area contributed by atoms with Crippen molar-refractivity contribution in [3.8, 4) is 11.1 Å². The standard InChI is InChI=1S/C20H22N8/c21-19(27-9-11-28(12-10-27)20-22-7-4-8-23-20)26-15-18-24-13-17(14-25-18)16-5-2-1-3-6-16/h1-8,13-14H,9-12,15H2,(H2,21,26). The molecule has 0 radical (unpaired) electrons. The summed E-state index contributed by atoms with van der Waals surface area (Å²) in [7, 11) is 0. The Morgan fingerprint density at radius 3 is 2.21 bits per heavy atom. The maximum atomic E-state index is 6.17. The van der Waals surface area contributed by atoms with Gasteiger partial charge in [-0.15, -0.1) is 0 Å². The van der Waals surface area contributed by atoms with Gasteiger partial charge in [-0.05, 0) is 11.6 Å². The highest BCUT2D eigenvalue weighted by Crippen LogP contribution is 2.16. The van der Waals surface area contributed by atoms with Gasteiger partial charge in [-0.25, -0.2) is 24.9 Å². The third kappa shape index (κ3) is 4.22. The lowest BCUT2D eigenvalue weighted by Crippen LogP contribution is -2.51. The van der Waals surface area contributed by atoms with Crippen LogP contribution in [0.5, 0.6) is 0 Å². The predicted octanol–water partition coefficient (Wildman–Crippen LogP) is 1.57. The fourth-order valence-corrected chi connectivity index (χ4v) is 3.06. The molecule has 3 aromatic rings. The molecule has 8 heteroatoms. The van der Waals surface area contributed by atoms with Gasteiger partial charge in [-0.2, -0.15) is 0 Å². The number of anilines is 1. The summed E-state index contributed by atoms with van der Waals surface area (Å²) >= 11 is 0. The topological polar surface area (TPSA) is 96.4 Å². The third-order valence-electron chi connectivity index (χ3n) is 4.63. The number of nitrogens with zero attached hydrogens (tertiary/aromatic N) is 7. The molecule has 0 saturated carbocycles. The molecular weight excluding hydrogens is 352 g/mol. The molecule has 3 heterocycles. The minimum Gasteiger partial charge on any atom is -0.370 e. The van der Waals surface area contributed by atoms with Gasteiger partial charge >= 0.3 is 0 Å². The number of piperazine rings is 1. The molecule has 0 spiro atoms. The molecule has 2 aromatic heterocycles. The number of aromatic nitrogens is 4. The fourth-order valence-electron chi connectivity index (χ4n) is 3.06. The second kappa shape index (κ2) is 8.43. The maximum absolute atomic E-state index is 6.17. The number of hydrogen-bond acceptors (Lipinski definition) is 6. The monoisotopic (exact) mass is 374 g/mol. The summed E-state index contributed by atoms with van der Waals surface area (Å²) < 4.78 is 0. The van der Waals surface area contributed by atoms with Gasteiger partial charge in [0.2, 0.25) is 5.95 Å². The Morgan fingerprint density at radius 2 is 1.54 bits per heavy atom. The van der Waals surface area contributed by atoms with E-state index in [-0.39, 0.29) is 0 Å². The molecule has 0 bridgehead atoms. The quantitative estimate of drug-likeness (QED) is 0.547. The van der Waals surface area contributed by atoms with Gasteiger partial charge in [0.15, 0.2) is 5.96 Å². The van der Waals surface area contributed by atoms with Gasteiger partial charge in [0.05, 0.1) is 0 Å². The van der Waals surface area contributed by atoms with E-state index in [4.69, 9.17) is 5.73 Å². The van der Waals surface area contributed by atoms with Crippen molar-refractivity contribution in [3.63, 3.8) is 0 Å². The van der Waals surface area contributed by atoms with Crippen LogP contribution in [0, 0.1) is 0 Å². The first-order valence-corrected chi connectivity index (χ1v) is 9.23. The molecule has 1 aromatic carbocycles. The second-order valence-corrected chi connectivity index (χ2v) is 6.45. The van der Waals surface area contributed by atoms with Crippen molar-refractivity contribution in [1.29, 1.82) is 0 Å². The van der Waals surface area contributed by atoms with E-state index in [0.717, 1.165) is 43.3 Å². The van der Waals surface area contributed by atoms with Crippen LogP contribution < -0.4 is 10.6 Å². The number of nitrogens with two attached hydrogens (primary N) is 1. The molecule has 2 N–H and O–H groups in total. The van der Waals surface area contributed by atoms with E-state index in [1.54, 1.807) is 12.4 Å². The lowest BCUT2D eigenvalue weighted by molar-refractivity contribution is 0.378. The molecule has 1 saturated heterocycles. The number of benzene rings is 1. The molecule has 1 aliphatic rings. The van der Waals surface area contributed by atoms with Crippen molar-refractivity contribution >= 4 is 11.9 Å². The predicted molar refractivity (Wildman–Crippen MR) is 109 cm³/mol. The van der Waals surface area contributed by atoms with Crippen LogP contribution >= 0.6 is 0 Å². The molecule has 4 rings (SSSR count). The Bertz CT molecular complexity index is 904. The Hall–Kier alpha value is -3.55. The van der Waals surface area contributed by atoms with Crippen molar-refractivity contribution < 1.29 is 0 Å². The van der Waals surface area contributed by atoms with Gasteiger partial charge in [0.25, 0.3) is 0 Å². The number of hydrogen-bond donors (Lipinski definition) is 1. The van der Waals surface area contributed by atoms with Crippen molar-refractivity contribution in [2.45, 2.75) is 6.54 Å². The van der Waals surface area contributed by atoms with Gasteiger partial charge in [-0.1, -0.05) is 30.3 Å².